The van der Waals surface area contributed by atoms with Crippen molar-refractivity contribution in [2.45, 2.75) is 44.4 Å². The number of carboxylic acid groups (broad SMARTS) is 1. The average molecular weight is 327 g/mol. The van der Waals surface area contributed by atoms with Crippen molar-refractivity contribution in [3.63, 3.8) is 0 Å². The highest BCUT2D eigenvalue weighted by Crippen LogP contribution is 2.55. The molecule has 0 radical (unpaired) electrons. The molecule has 0 amide bonds. The number of carbonyl (C=O) groups is 1. The van der Waals surface area contributed by atoms with E-state index in [0.717, 1.165) is 28.6 Å². The molecule has 4 heteroatoms. The maximum Gasteiger partial charge on any atom is 0.304 e. The number of carboxylic acids is 1. The topological polar surface area (TPSA) is 46.5 Å². The molecule has 0 unspecified atom stereocenters. The second-order valence-corrected chi connectivity index (χ2v) is 6.38. The van der Waals surface area contributed by atoms with Gasteiger partial charge in [0.05, 0.1) is 18.0 Å². The molecule has 1 aliphatic carbocycles. The summed E-state index contributed by atoms with van der Waals surface area (Å²) in [5.74, 6) is 0.442. The van der Waals surface area contributed by atoms with Gasteiger partial charge < -0.3 is 9.84 Å². The van der Waals surface area contributed by atoms with Crippen LogP contribution in [0.2, 0.25) is 0 Å². The van der Waals surface area contributed by atoms with Crippen molar-refractivity contribution in [1.82, 2.24) is 0 Å². The third-order valence-corrected chi connectivity index (χ3v) is 4.68. The Hall–Kier alpha value is -1.03. The first-order valence-corrected chi connectivity index (χ1v) is 7.28. The van der Waals surface area contributed by atoms with Crippen LogP contribution in [0, 0.1) is 0 Å². The molecule has 1 fully saturated rings. The normalized spacial score (nSPS) is 16.5. The van der Waals surface area contributed by atoms with E-state index in [1.165, 1.54) is 5.56 Å². The van der Waals surface area contributed by atoms with E-state index in [1.807, 2.05) is 6.07 Å². The molecule has 1 N–H and O–H groups in total. The summed E-state index contributed by atoms with van der Waals surface area (Å²) in [4.78, 5) is 11.1. The molecule has 19 heavy (non-hydrogen) atoms. The van der Waals surface area contributed by atoms with Crippen LogP contribution in [-0.2, 0) is 10.2 Å². The number of halogens is 1. The molecule has 104 valence electrons. The SMILES string of the molecule is COc1cc(C(C)C)cc(C2(CC(=O)O)CC2)c1Br. The minimum absolute atomic E-state index is 0.191. The molecular formula is C15H19BrO3. The minimum Gasteiger partial charge on any atom is -0.496 e. The first kappa shape index (κ1) is 14.4. The number of rotatable bonds is 5. The predicted molar refractivity (Wildman–Crippen MR) is 77.9 cm³/mol. The van der Waals surface area contributed by atoms with E-state index in [2.05, 4.69) is 35.8 Å². The Balaban J connectivity index is 2.50. The van der Waals surface area contributed by atoms with Gasteiger partial charge in [-0.25, -0.2) is 0 Å². The summed E-state index contributed by atoms with van der Waals surface area (Å²) >= 11 is 3.57. The average Bonchev–Trinajstić information content (AvgIpc) is 3.08. The van der Waals surface area contributed by atoms with Gasteiger partial charge in [0, 0.05) is 5.41 Å². The van der Waals surface area contributed by atoms with Crippen LogP contribution in [0.25, 0.3) is 0 Å². The molecule has 1 saturated carbocycles. The van der Waals surface area contributed by atoms with Crippen LogP contribution in [-0.4, -0.2) is 18.2 Å². The standard InChI is InChI=1S/C15H19BrO3/c1-9(2)10-6-11(14(16)12(7-10)19-3)15(4-5-15)8-13(17)18/h6-7,9H,4-5,8H2,1-3H3,(H,17,18). The van der Waals surface area contributed by atoms with Crippen molar-refractivity contribution in [1.29, 1.82) is 0 Å². The van der Waals surface area contributed by atoms with Crippen LogP contribution in [0.4, 0.5) is 0 Å². The molecule has 1 aliphatic rings. The molecule has 2 rings (SSSR count). The highest BCUT2D eigenvalue weighted by molar-refractivity contribution is 9.10. The lowest BCUT2D eigenvalue weighted by Crippen LogP contribution is -2.14. The lowest BCUT2D eigenvalue weighted by molar-refractivity contribution is -0.137. The minimum atomic E-state index is -0.738. The maximum atomic E-state index is 11.1. The van der Waals surface area contributed by atoms with E-state index < -0.39 is 5.97 Å². The summed E-state index contributed by atoms with van der Waals surface area (Å²) in [6, 6.07) is 4.16. The van der Waals surface area contributed by atoms with Gasteiger partial charge in [-0.15, -0.1) is 0 Å². The number of hydrogen-bond donors (Lipinski definition) is 1. The molecule has 1 aromatic rings. The Kier molecular flexibility index (Phi) is 3.90. The van der Waals surface area contributed by atoms with Gasteiger partial charge in [0.25, 0.3) is 0 Å². The van der Waals surface area contributed by atoms with Crippen LogP contribution in [0.5, 0.6) is 5.75 Å². The van der Waals surface area contributed by atoms with Gasteiger partial charge in [0.1, 0.15) is 5.75 Å². The summed E-state index contributed by atoms with van der Waals surface area (Å²) < 4.78 is 6.31. The first-order valence-electron chi connectivity index (χ1n) is 6.49. The van der Waals surface area contributed by atoms with Gasteiger partial charge in [-0.2, -0.15) is 0 Å². The van der Waals surface area contributed by atoms with Gasteiger partial charge in [-0.3, -0.25) is 4.79 Å². The molecule has 0 bridgehead atoms. The summed E-state index contributed by atoms with van der Waals surface area (Å²) in [6.45, 7) is 4.26. The highest BCUT2D eigenvalue weighted by Gasteiger charge is 2.47. The zero-order valence-electron chi connectivity index (χ0n) is 11.5. The maximum absolute atomic E-state index is 11.1. The van der Waals surface area contributed by atoms with Crippen molar-refractivity contribution in [2.24, 2.45) is 0 Å². The van der Waals surface area contributed by atoms with Crippen molar-refractivity contribution < 1.29 is 14.6 Å². The molecule has 0 spiro atoms. The van der Waals surface area contributed by atoms with Gasteiger partial charge >= 0.3 is 5.97 Å². The van der Waals surface area contributed by atoms with Crippen molar-refractivity contribution in [3.05, 3.63) is 27.7 Å². The number of benzene rings is 1. The quantitative estimate of drug-likeness (QED) is 0.886. The molecule has 3 nitrogen and oxygen atoms in total. The van der Waals surface area contributed by atoms with Crippen molar-refractivity contribution >= 4 is 21.9 Å². The number of aliphatic carboxylic acids is 1. The smallest absolute Gasteiger partial charge is 0.304 e. The van der Waals surface area contributed by atoms with E-state index in [1.54, 1.807) is 7.11 Å². The van der Waals surface area contributed by atoms with Gasteiger partial charge in [-0.1, -0.05) is 19.9 Å². The van der Waals surface area contributed by atoms with E-state index in [9.17, 15) is 4.79 Å². The zero-order valence-corrected chi connectivity index (χ0v) is 13.1. The van der Waals surface area contributed by atoms with Crippen LogP contribution >= 0.6 is 15.9 Å². The number of ether oxygens (including phenoxy) is 1. The number of hydrogen-bond acceptors (Lipinski definition) is 2. The van der Waals surface area contributed by atoms with Gasteiger partial charge in [0.15, 0.2) is 0 Å². The molecular weight excluding hydrogens is 308 g/mol. The molecule has 0 saturated heterocycles. The van der Waals surface area contributed by atoms with Crippen LogP contribution < -0.4 is 4.74 Å². The second-order valence-electron chi connectivity index (χ2n) is 5.59. The Morgan fingerprint density at radius 1 is 1.47 bits per heavy atom. The van der Waals surface area contributed by atoms with Gasteiger partial charge in [-0.05, 0) is 51.9 Å². The van der Waals surface area contributed by atoms with E-state index in [0.29, 0.717) is 5.92 Å². The van der Waals surface area contributed by atoms with Crippen molar-refractivity contribution in [3.8, 4) is 5.75 Å². The third kappa shape index (κ3) is 2.78. The highest BCUT2D eigenvalue weighted by atomic mass is 79.9. The van der Waals surface area contributed by atoms with Gasteiger partial charge in [0.2, 0.25) is 0 Å². The first-order chi connectivity index (χ1) is 8.89. The molecule has 0 atom stereocenters. The lowest BCUT2D eigenvalue weighted by Gasteiger charge is -2.20. The summed E-state index contributed by atoms with van der Waals surface area (Å²) in [6.07, 6.45) is 2.06. The molecule has 0 heterocycles. The van der Waals surface area contributed by atoms with Crippen LogP contribution in [0.1, 0.15) is 50.2 Å². The number of methoxy groups -OCH3 is 1. The Labute approximate surface area is 122 Å². The fraction of sp³-hybridized carbons (Fsp3) is 0.533. The van der Waals surface area contributed by atoms with Crippen molar-refractivity contribution in [2.75, 3.05) is 7.11 Å². The third-order valence-electron chi connectivity index (χ3n) is 3.86. The monoisotopic (exact) mass is 326 g/mol. The largest absolute Gasteiger partial charge is 0.496 e. The Morgan fingerprint density at radius 2 is 2.11 bits per heavy atom. The summed E-state index contributed by atoms with van der Waals surface area (Å²) in [5.41, 5.74) is 2.06. The fourth-order valence-corrected chi connectivity index (χ4v) is 3.28. The fourth-order valence-electron chi connectivity index (χ4n) is 2.47. The van der Waals surface area contributed by atoms with Crippen LogP contribution in [0.3, 0.4) is 0 Å². The Morgan fingerprint density at radius 3 is 2.53 bits per heavy atom. The van der Waals surface area contributed by atoms with E-state index in [-0.39, 0.29) is 11.8 Å². The summed E-state index contributed by atoms with van der Waals surface area (Å²) in [5, 5.41) is 9.10. The second kappa shape index (κ2) is 5.16. The zero-order chi connectivity index (χ0) is 14.2. The Bertz CT molecular complexity index is 504. The lowest BCUT2D eigenvalue weighted by atomic mass is 9.89. The summed E-state index contributed by atoms with van der Waals surface area (Å²) in [7, 11) is 1.64. The molecule has 0 aliphatic heterocycles. The molecule has 1 aromatic carbocycles. The molecule has 0 aromatic heterocycles. The van der Waals surface area contributed by atoms with E-state index >= 15 is 0 Å². The van der Waals surface area contributed by atoms with E-state index in [4.69, 9.17) is 9.84 Å². The predicted octanol–water partition coefficient (Wildman–Crippen LogP) is 4.09. The van der Waals surface area contributed by atoms with Crippen LogP contribution in [0.15, 0.2) is 16.6 Å².